The van der Waals surface area contributed by atoms with E-state index in [0.29, 0.717) is 5.56 Å². The Bertz CT molecular complexity index is 978. The fourth-order valence-electron chi connectivity index (χ4n) is 3.16. The van der Waals surface area contributed by atoms with E-state index in [2.05, 4.69) is 19.7 Å². The largest absolute Gasteiger partial charge is 0.452 e. The van der Waals surface area contributed by atoms with Crippen molar-refractivity contribution < 1.29 is 31.5 Å². The molecule has 2 aromatic rings. The van der Waals surface area contributed by atoms with Gasteiger partial charge in [-0.25, -0.2) is 18.8 Å². The monoisotopic (exact) mass is 428 g/mol. The zero-order valence-electron chi connectivity index (χ0n) is 15.7. The Hall–Kier alpha value is -3.11. The topological polar surface area (TPSA) is 90.5 Å². The molecule has 1 aromatic heterocycles. The van der Waals surface area contributed by atoms with Gasteiger partial charge in [0.1, 0.15) is 18.2 Å². The highest BCUT2D eigenvalue weighted by Gasteiger charge is 2.50. The SMILES string of the molecule is C[C@@]1(c2cc(CC(=O)c3cnc(CF)cn3)ccc2F)C[C@@H](C(F)(F)F)OC(N)=N1. The summed E-state index contributed by atoms with van der Waals surface area (Å²) in [6.45, 7) is 0.486. The Morgan fingerprint density at radius 3 is 2.63 bits per heavy atom. The summed E-state index contributed by atoms with van der Waals surface area (Å²) in [5, 5.41) is 0. The van der Waals surface area contributed by atoms with Crippen molar-refractivity contribution in [1.29, 1.82) is 0 Å². The maximum Gasteiger partial charge on any atom is 0.425 e. The van der Waals surface area contributed by atoms with Crippen LogP contribution in [0.5, 0.6) is 0 Å². The molecule has 0 saturated carbocycles. The third-order valence-electron chi connectivity index (χ3n) is 4.67. The molecular weight excluding hydrogens is 411 g/mol. The molecule has 0 spiro atoms. The first-order valence-electron chi connectivity index (χ1n) is 8.79. The molecule has 0 aliphatic carbocycles. The number of benzene rings is 1. The molecule has 0 bridgehead atoms. The number of alkyl halides is 4. The number of hydrogen-bond donors (Lipinski definition) is 1. The highest BCUT2D eigenvalue weighted by molar-refractivity contribution is 5.95. The molecule has 2 atom stereocenters. The summed E-state index contributed by atoms with van der Waals surface area (Å²) in [6.07, 6.45) is -5.60. The van der Waals surface area contributed by atoms with Crippen molar-refractivity contribution in [3.8, 4) is 0 Å². The molecule has 2 heterocycles. The summed E-state index contributed by atoms with van der Waals surface area (Å²) in [6, 6.07) is 2.95. The van der Waals surface area contributed by atoms with Crippen LogP contribution in [0.25, 0.3) is 0 Å². The minimum Gasteiger partial charge on any atom is -0.452 e. The van der Waals surface area contributed by atoms with Crippen molar-refractivity contribution in [2.75, 3.05) is 0 Å². The first-order valence-corrected chi connectivity index (χ1v) is 8.79. The van der Waals surface area contributed by atoms with E-state index in [1.807, 2.05) is 0 Å². The molecule has 1 aliphatic rings. The molecule has 0 amide bonds. The summed E-state index contributed by atoms with van der Waals surface area (Å²) in [4.78, 5) is 23.9. The van der Waals surface area contributed by atoms with E-state index in [-0.39, 0.29) is 23.4 Å². The van der Waals surface area contributed by atoms with Crippen LogP contribution in [0.1, 0.15) is 40.7 Å². The molecule has 0 fully saturated rings. The molecule has 30 heavy (non-hydrogen) atoms. The number of amidine groups is 1. The fourth-order valence-corrected chi connectivity index (χ4v) is 3.16. The second-order valence-corrected chi connectivity index (χ2v) is 7.02. The number of halogens is 5. The number of aliphatic imine (C=N–C) groups is 1. The lowest BCUT2D eigenvalue weighted by molar-refractivity contribution is -0.208. The number of nitrogens with two attached hydrogens (primary N) is 1. The zero-order chi connectivity index (χ0) is 22.1. The van der Waals surface area contributed by atoms with Gasteiger partial charge in [-0.2, -0.15) is 13.2 Å². The minimum atomic E-state index is -4.71. The normalized spacial score (nSPS) is 21.7. The lowest BCUT2D eigenvalue weighted by Crippen LogP contribution is -2.46. The number of rotatable bonds is 5. The van der Waals surface area contributed by atoms with Crippen LogP contribution >= 0.6 is 0 Å². The van der Waals surface area contributed by atoms with Crippen LogP contribution in [0.15, 0.2) is 35.6 Å². The number of hydrogen-bond acceptors (Lipinski definition) is 6. The van der Waals surface area contributed by atoms with Crippen LogP contribution in [-0.2, 0) is 23.4 Å². The molecule has 6 nitrogen and oxygen atoms in total. The van der Waals surface area contributed by atoms with Gasteiger partial charge in [0.25, 0.3) is 6.02 Å². The van der Waals surface area contributed by atoms with Crippen LogP contribution in [0.2, 0.25) is 0 Å². The quantitative estimate of drug-likeness (QED) is 0.583. The average Bonchev–Trinajstić information content (AvgIpc) is 2.68. The van der Waals surface area contributed by atoms with Gasteiger partial charge in [0, 0.05) is 18.4 Å². The Morgan fingerprint density at radius 2 is 2.03 bits per heavy atom. The number of nitrogens with zero attached hydrogens (tertiary/aromatic N) is 3. The molecule has 11 heteroatoms. The molecule has 3 rings (SSSR count). The van der Waals surface area contributed by atoms with E-state index in [9.17, 15) is 26.7 Å². The number of ketones is 1. The van der Waals surface area contributed by atoms with Gasteiger partial charge in [-0.05, 0) is 24.6 Å². The van der Waals surface area contributed by atoms with Crippen molar-refractivity contribution in [2.24, 2.45) is 10.7 Å². The Morgan fingerprint density at radius 1 is 1.30 bits per heavy atom. The Kier molecular flexibility index (Phi) is 5.73. The predicted molar refractivity (Wildman–Crippen MR) is 95.8 cm³/mol. The second-order valence-electron chi connectivity index (χ2n) is 7.02. The first kappa shape index (κ1) is 21.6. The Labute approximate surface area is 168 Å². The molecule has 2 N–H and O–H groups in total. The van der Waals surface area contributed by atoms with Crippen molar-refractivity contribution >= 4 is 11.8 Å². The van der Waals surface area contributed by atoms with Crippen LogP contribution in [0, 0.1) is 5.82 Å². The van der Waals surface area contributed by atoms with Crippen molar-refractivity contribution in [1.82, 2.24) is 9.97 Å². The molecule has 0 radical (unpaired) electrons. The van der Waals surface area contributed by atoms with Crippen LogP contribution in [-0.4, -0.2) is 34.1 Å². The smallest absolute Gasteiger partial charge is 0.425 e. The summed E-state index contributed by atoms with van der Waals surface area (Å²) in [7, 11) is 0. The van der Waals surface area contributed by atoms with E-state index in [0.717, 1.165) is 18.5 Å². The zero-order valence-corrected chi connectivity index (χ0v) is 15.7. The standard InChI is InChI=1S/C19H17F5N4O2/c1-18(6-16(19(22,23)24)30-17(25)28-18)12-4-10(2-3-13(12)21)5-15(29)14-9-26-11(7-20)8-27-14/h2-4,8-9,16H,5-7H2,1H3,(H2,25,28)/t16-,18-/m0/s1. The summed E-state index contributed by atoms with van der Waals surface area (Å²) >= 11 is 0. The van der Waals surface area contributed by atoms with E-state index in [4.69, 9.17) is 5.73 Å². The van der Waals surface area contributed by atoms with Crippen LogP contribution in [0.4, 0.5) is 22.0 Å². The second kappa shape index (κ2) is 7.96. The van der Waals surface area contributed by atoms with E-state index in [1.54, 1.807) is 0 Å². The van der Waals surface area contributed by atoms with Crippen molar-refractivity contribution in [3.05, 3.63) is 58.9 Å². The van der Waals surface area contributed by atoms with Gasteiger partial charge in [0.2, 0.25) is 0 Å². The van der Waals surface area contributed by atoms with Crippen LogP contribution < -0.4 is 5.73 Å². The third kappa shape index (κ3) is 4.55. The maximum atomic E-state index is 14.5. The molecule has 160 valence electrons. The number of aromatic nitrogens is 2. The van der Waals surface area contributed by atoms with E-state index < -0.39 is 48.5 Å². The summed E-state index contributed by atoms with van der Waals surface area (Å²) in [5.74, 6) is -1.26. The highest BCUT2D eigenvalue weighted by atomic mass is 19.4. The average molecular weight is 428 g/mol. The van der Waals surface area contributed by atoms with Crippen molar-refractivity contribution in [2.45, 2.75) is 44.3 Å². The van der Waals surface area contributed by atoms with Gasteiger partial charge in [0.15, 0.2) is 11.9 Å². The molecule has 1 aliphatic heterocycles. The lowest BCUT2D eigenvalue weighted by Gasteiger charge is -2.36. The van der Waals surface area contributed by atoms with Gasteiger partial charge in [0.05, 0.1) is 23.6 Å². The first-order chi connectivity index (χ1) is 14.0. The fraction of sp³-hybridized carbons (Fsp3) is 0.368. The number of ether oxygens (including phenoxy) is 1. The highest BCUT2D eigenvalue weighted by Crippen LogP contribution is 2.41. The van der Waals surface area contributed by atoms with Gasteiger partial charge < -0.3 is 10.5 Å². The van der Waals surface area contributed by atoms with Crippen LogP contribution in [0.3, 0.4) is 0 Å². The maximum absolute atomic E-state index is 14.5. The van der Waals surface area contributed by atoms with E-state index in [1.165, 1.54) is 19.1 Å². The Balaban J connectivity index is 1.89. The van der Waals surface area contributed by atoms with Gasteiger partial charge in [-0.1, -0.05) is 6.07 Å². The number of carbonyl (C=O) groups is 1. The number of Topliss-reactive ketones (excluding diaryl/α,β-unsaturated/α-hetero) is 1. The van der Waals surface area contributed by atoms with Gasteiger partial charge >= 0.3 is 6.18 Å². The van der Waals surface area contributed by atoms with Crippen molar-refractivity contribution in [3.63, 3.8) is 0 Å². The van der Waals surface area contributed by atoms with Gasteiger partial charge in [-0.15, -0.1) is 0 Å². The molecule has 0 saturated heterocycles. The predicted octanol–water partition coefficient (Wildman–Crippen LogP) is 3.39. The van der Waals surface area contributed by atoms with Gasteiger partial charge in [-0.3, -0.25) is 9.78 Å². The summed E-state index contributed by atoms with van der Waals surface area (Å²) in [5.41, 5.74) is 4.00. The molecule has 1 aromatic carbocycles. The molecule has 0 unspecified atom stereocenters. The lowest BCUT2D eigenvalue weighted by atomic mass is 9.84. The van der Waals surface area contributed by atoms with E-state index >= 15 is 0 Å². The number of carbonyl (C=O) groups excluding carboxylic acids is 1. The minimum absolute atomic E-state index is 0.0187. The third-order valence-corrected chi connectivity index (χ3v) is 4.67. The summed E-state index contributed by atoms with van der Waals surface area (Å²) < 4.78 is 71.1. The molecular formula is C19H17F5N4O2.